The fraction of sp³-hybridized carbons (Fsp3) is 0.250. The third-order valence-electron chi connectivity index (χ3n) is 1.59. The number of aromatic hydroxyl groups is 1. The molecule has 1 rings (SSSR count). The maximum Gasteiger partial charge on any atom is 0.202 e. The average molecular weight is 209 g/mol. The summed E-state index contributed by atoms with van der Waals surface area (Å²) in [7, 11) is 0. The molecule has 0 aliphatic carbocycles. The van der Waals surface area contributed by atoms with Crippen molar-refractivity contribution in [3.63, 3.8) is 0 Å². The van der Waals surface area contributed by atoms with Gasteiger partial charge in [-0.3, -0.25) is 0 Å². The van der Waals surface area contributed by atoms with Gasteiger partial charge >= 0.3 is 0 Å². The highest BCUT2D eigenvalue weighted by atomic mass is 35.5. The lowest BCUT2D eigenvalue weighted by atomic mass is 10.1. The molecular formula is C8H7ClF2O2. The van der Waals surface area contributed by atoms with E-state index < -0.39 is 17.4 Å². The van der Waals surface area contributed by atoms with E-state index >= 15 is 0 Å². The lowest BCUT2D eigenvalue weighted by Crippen LogP contribution is -1.98. The normalized spacial score (nSPS) is 10.5. The standard InChI is InChI=1S/C8H7ClF2O2/c9-5-3-4(1-2-12)6(10)7(11)8(5)13/h3,12-13H,1-2H2. The Balaban J connectivity index is 3.24. The molecule has 5 heteroatoms. The molecule has 0 heterocycles. The largest absolute Gasteiger partial charge is 0.504 e. The Bertz CT molecular complexity index is 328. The Morgan fingerprint density at radius 2 is 1.92 bits per heavy atom. The molecule has 0 saturated carbocycles. The number of halogens is 3. The van der Waals surface area contributed by atoms with E-state index in [1.807, 2.05) is 0 Å². The van der Waals surface area contributed by atoms with Crippen molar-refractivity contribution in [2.75, 3.05) is 6.61 Å². The quantitative estimate of drug-likeness (QED) is 0.729. The molecule has 1 aromatic carbocycles. The van der Waals surface area contributed by atoms with Crippen LogP contribution < -0.4 is 0 Å². The van der Waals surface area contributed by atoms with Gasteiger partial charge in [0.2, 0.25) is 5.82 Å². The maximum atomic E-state index is 12.9. The van der Waals surface area contributed by atoms with Crippen LogP contribution in [0, 0.1) is 11.6 Å². The number of phenols is 1. The number of hydrogen-bond acceptors (Lipinski definition) is 2. The Hall–Kier alpha value is -0.870. The number of hydrogen-bond donors (Lipinski definition) is 2. The summed E-state index contributed by atoms with van der Waals surface area (Å²) in [5.41, 5.74) is -0.0530. The van der Waals surface area contributed by atoms with Crippen molar-refractivity contribution in [3.05, 3.63) is 28.3 Å². The molecule has 0 fully saturated rings. The van der Waals surface area contributed by atoms with E-state index in [4.69, 9.17) is 21.8 Å². The maximum absolute atomic E-state index is 12.9. The van der Waals surface area contributed by atoms with Crippen molar-refractivity contribution in [1.29, 1.82) is 0 Å². The minimum absolute atomic E-state index is 0.0389. The Morgan fingerprint density at radius 3 is 2.46 bits per heavy atom. The van der Waals surface area contributed by atoms with Gasteiger partial charge in [0.1, 0.15) is 0 Å². The van der Waals surface area contributed by atoms with Crippen molar-refractivity contribution in [1.82, 2.24) is 0 Å². The van der Waals surface area contributed by atoms with Crippen LogP contribution in [0.3, 0.4) is 0 Å². The van der Waals surface area contributed by atoms with Gasteiger partial charge in [-0.1, -0.05) is 11.6 Å². The topological polar surface area (TPSA) is 40.5 Å². The molecule has 0 aliphatic heterocycles. The van der Waals surface area contributed by atoms with Crippen molar-refractivity contribution < 1.29 is 19.0 Å². The third-order valence-corrected chi connectivity index (χ3v) is 1.88. The van der Waals surface area contributed by atoms with Gasteiger partial charge in [0.25, 0.3) is 0 Å². The number of aliphatic hydroxyl groups excluding tert-OH is 1. The predicted molar refractivity (Wildman–Crippen MR) is 43.8 cm³/mol. The summed E-state index contributed by atoms with van der Waals surface area (Å²) in [6, 6.07) is 1.09. The van der Waals surface area contributed by atoms with Crippen molar-refractivity contribution in [2.24, 2.45) is 0 Å². The molecule has 72 valence electrons. The van der Waals surface area contributed by atoms with E-state index in [2.05, 4.69) is 0 Å². The third kappa shape index (κ3) is 1.89. The number of benzene rings is 1. The summed E-state index contributed by atoms with van der Waals surface area (Å²) >= 11 is 5.39. The average Bonchev–Trinajstić information content (AvgIpc) is 2.11. The van der Waals surface area contributed by atoms with Gasteiger partial charge in [-0.15, -0.1) is 0 Å². The molecule has 0 saturated heterocycles. The van der Waals surface area contributed by atoms with Gasteiger partial charge < -0.3 is 10.2 Å². The monoisotopic (exact) mass is 208 g/mol. The first-order valence-electron chi connectivity index (χ1n) is 3.54. The molecule has 0 amide bonds. The number of aliphatic hydroxyl groups is 1. The second kappa shape index (κ2) is 3.89. The number of phenolic OH excluding ortho intramolecular Hbond substituents is 1. The molecule has 0 aliphatic rings. The molecular weight excluding hydrogens is 202 g/mol. The Kier molecular flexibility index (Phi) is 3.06. The summed E-state index contributed by atoms with van der Waals surface area (Å²) in [4.78, 5) is 0. The zero-order valence-electron chi connectivity index (χ0n) is 6.52. The van der Waals surface area contributed by atoms with Crippen LogP contribution in [0.4, 0.5) is 8.78 Å². The molecule has 0 radical (unpaired) electrons. The summed E-state index contributed by atoms with van der Waals surface area (Å²) < 4.78 is 25.7. The van der Waals surface area contributed by atoms with Gasteiger partial charge in [-0.2, -0.15) is 4.39 Å². The zero-order chi connectivity index (χ0) is 10.0. The second-order valence-electron chi connectivity index (χ2n) is 2.47. The van der Waals surface area contributed by atoms with Crippen LogP contribution in [0.2, 0.25) is 5.02 Å². The fourth-order valence-electron chi connectivity index (χ4n) is 0.937. The lowest BCUT2D eigenvalue weighted by molar-refractivity contribution is 0.296. The summed E-state index contributed by atoms with van der Waals surface area (Å²) in [5, 5.41) is 17.1. The van der Waals surface area contributed by atoms with E-state index in [0.29, 0.717) is 0 Å². The Labute approximate surface area is 78.4 Å². The highest BCUT2D eigenvalue weighted by Crippen LogP contribution is 2.30. The minimum Gasteiger partial charge on any atom is -0.504 e. The summed E-state index contributed by atoms with van der Waals surface area (Å²) in [6.07, 6.45) is -0.0389. The summed E-state index contributed by atoms with van der Waals surface area (Å²) in [6.45, 7) is -0.308. The molecule has 2 N–H and O–H groups in total. The van der Waals surface area contributed by atoms with Gasteiger partial charge in [-0.25, -0.2) is 4.39 Å². The first-order chi connectivity index (χ1) is 6.07. The smallest absolute Gasteiger partial charge is 0.202 e. The second-order valence-corrected chi connectivity index (χ2v) is 2.87. The Morgan fingerprint density at radius 1 is 1.31 bits per heavy atom. The van der Waals surface area contributed by atoms with Crippen LogP contribution in [0.25, 0.3) is 0 Å². The van der Waals surface area contributed by atoms with Crippen LogP contribution in [0.15, 0.2) is 6.07 Å². The van der Waals surface area contributed by atoms with E-state index in [0.717, 1.165) is 6.07 Å². The fourth-order valence-corrected chi connectivity index (χ4v) is 1.15. The van der Waals surface area contributed by atoms with Gasteiger partial charge in [0.05, 0.1) is 5.02 Å². The van der Waals surface area contributed by atoms with Crippen LogP contribution in [0.1, 0.15) is 5.56 Å². The van der Waals surface area contributed by atoms with E-state index in [9.17, 15) is 8.78 Å². The van der Waals surface area contributed by atoms with Crippen LogP contribution in [-0.2, 0) is 6.42 Å². The highest BCUT2D eigenvalue weighted by Gasteiger charge is 2.16. The molecule has 0 bridgehead atoms. The SMILES string of the molecule is OCCc1cc(Cl)c(O)c(F)c1F. The number of rotatable bonds is 2. The van der Waals surface area contributed by atoms with Crippen LogP contribution in [0.5, 0.6) is 5.75 Å². The first kappa shape index (κ1) is 10.2. The minimum atomic E-state index is -1.38. The van der Waals surface area contributed by atoms with Crippen LogP contribution >= 0.6 is 11.6 Å². The van der Waals surface area contributed by atoms with Gasteiger partial charge in [0, 0.05) is 6.61 Å². The molecule has 0 aromatic heterocycles. The highest BCUT2D eigenvalue weighted by molar-refractivity contribution is 6.32. The first-order valence-corrected chi connectivity index (χ1v) is 3.92. The van der Waals surface area contributed by atoms with Crippen molar-refractivity contribution in [2.45, 2.75) is 6.42 Å². The zero-order valence-corrected chi connectivity index (χ0v) is 7.28. The predicted octanol–water partition coefficient (Wildman–Crippen LogP) is 1.86. The molecule has 1 aromatic rings. The van der Waals surface area contributed by atoms with Crippen molar-refractivity contribution in [3.8, 4) is 5.75 Å². The summed E-state index contributed by atoms with van der Waals surface area (Å²) in [5.74, 6) is -3.45. The molecule has 13 heavy (non-hydrogen) atoms. The van der Waals surface area contributed by atoms with Gasteiger partial charge in [0.15, 0.2) is 11.6 Å². The van der Waals surface area contributed by atoms with Gasteiger partial charge in [-0.05, 0) is 18.1 Å². The molecule has 0 atom stereocenters. The lowest BCUT2D eigenvalue weighted by Gasteiger charge is -2.05. The van der Waals surface area contributed by atoms with E-state index in [-0.39, 0.29) is 23.6 Å². The van der Waals surface area contributed by atoms with E-state index in [1.54, 1.807) is 0 Å². The van der Waals surface area contributed by atoms with E-state index in [1.165, 1.54) is 0 Å². The van der Waals surface area contributed by atoms with Crippen molar-refractivity contribution >= 4 is 11.6 Å². The molecule has 2 nitrogen and oxygen atoms in total. The molecule has 0 unspecified atom stereocenters. The molecule has 0 spiro atoms. The van der Waals surface area contributed by atoms with Crippen LogP contribution in [-0.4, -0.2) is 16.8 Å².